The highest BCUT2D eigenvalue weighted by Crippen LogP contribution is 2.39. The molecule has 7 nitrogen and oxygen atoms in total. The van der Waals surface area contributed by atoms with E-state index < -0.39 is 23.6 Å². The van der Waals surface area contributed by atoms with Gasteiger partial charge in [-0.05, 0) is 43.4 Å². The van der Waals surface area contributed by atoms with Gasteiger partial charge in [0.15, 0.2) is 16.6 Å². The SMILES string of the molecule is COCCOC(=O)C1=C(C)N(c2ccc3c(c2)OCCO3)C(=S)N[C@H]1c1c(F)cccc1F. The van der Waals surface area contributed by atoms with Gasteiger partial charge in [0.05, 0.1) is 29.5 Å². The average molecular weight is 477 g/mol. The van der Waals surface area contributed by atoms with Crippen LogP contribution in [0.4, 0.5) is 14.5 Å². The van der Waals surface area contributed by atoms with Crippen LogP contribution in [0.2, 0.25) is 0 Å². The zero-order valence-electron chi connectivity index (χ0n) is 18.0. The van der Waals surface area contributed by atoms with E-state index >= 15 is 0 Å². The number of carbonyl (C=O) groups is 1. The van der Waals surface area contributed by atoms with Gasteiger partial charge >= 0.3 is 5.97 Å². The molecule has 2 aliphatic heterocycles. The number of nitrogens with zero attached hydrogens (tertiary/aromatic N) is 1. The molecule has 1 N–H and O–H groups in total. The lowest BCUT2D eigenvalue weighted by molar-refractivity contribution is -0.140. The van der Waals surface area contributed by atoms with E-state index in [9.17, 15) is 13.6 Å². The quantitative estimate of drug-likeness (QED) is 0.385. The maximum Gasteiger partial charge on any atom is 0.338 e. The zero-order valence-corrected chi connectivity index (χ0v) is 18.8. The van der Waals surface area contributed by atoms with Gasteiger partial charge in [0.25, 0.3) is 0 Å². The molecular weight excluding hydrogens is 454 g/mol. The third-order valence-corrected chi connectivity index (χ3v) is 5.60. The molecule has 0 fully saturated rings. The predicted octanol–water partition coefficient (Wildman–Crippen LogP) is 3.64. The molecule has 0 saturated heterocycles. The number of fused-ring (bicyclic) bond motifs is 1. The number of hydrogen-bond acceptors (Lipinski definition) is 6. The molecule has 0 aliphatic carbocycles. The molecular formula is C23H22F2N2O5S. The summed E-state index contributed by atoms with van der Waals surface area (Å²) in [4.78, 5) is 14.7. The molecule has 174 valence electrons. The number of nitrogens with one attached hydrogen (secondary N) is 1. The third kappa shape index (κ3) is 4.49. The fraction of sp³-hybridized carbons (Fsp3) is 0.304. The largest absolute Gasteiger partial charge is 0.486 e. The highest BCUT2D eigenvalue weighted by atomic mass is 32.1. The number of thiocarbonyl (C=S) groups is 1. The smallest absolute Gasteiger partial charge is 0.338 e. The number of rotatable bonds is 6. The summed E-state index contributed by atoms with van der Waals surface area (Å²) >= 11 is 5.54. The Hall–Kier alpha value is -3.24. The maximum absolute atomic E-state index is 14.7. The van der Waals surface area contributed by atoms with Crippen molar-refractivity contribution in [3.05, 3.63) is 64.9 Å². The van der Waals surface area contributed by atoms with Gasteiger partial charge in [0.1, 0.15) is 31.5 Å². The number of carbonyl (C=O) groups excluding carboxylic acids is 1. The molecule has 0 amide bonds. The number of benzene rings is 2. The van der Waals surface area contributed by atoms with E-state index in [0.29, 0.717) is 36.1 Å². The van der Waals surface area contributed by atoms with Gasteiger partial charge in [-0.1, -0.05) is 6.07 Å². The fourth-order valence-electron chi connectivity index (χ4n) is 3.79. The molecule has 0 unspecified atom stereocenters. The van der Waals surface area contributed by atoms with Crippen LogP contribution in [0.3, 0.4) is 0 Å². The van der Waals surface area contributed by atoms with Crippen molar-refractivity contribution in [2.75, 3.05) is 38.4 Å². The van der Waals surface area contributed by atoms with Crippen molar-refractivity contribution in [2.45, 2.75) is 13.0 Å². The molecule has 2 aliphatic rings. The minimum Gasteiger partial charge on any atom is -0.486 e. The standard InChI is InChI=1S/C23H22F2N2O5S/c1-13-19(22(28)32-9-8-29-2)21(20-15(24)4-3-5-16(20)25)26-23(33)27(13)14-6-7-17-18(12-14)31-11-10-30-17/h3-7,12,21H,8-11H2,1-2H3,(H,26,33)/t21-/m1/s1. The van der Waals surface area contributed by atoms with E-state index in [1.807, 2.05) is 0 Å². The van der Waals surface area contributed by atoms with Crippen LogP contribution in [0.1, 0.15) is 18.5 Å². The van der Waals surface area contributed by atoms with Crippen molar-refractivity contribution in [1.29, 1.82) is 0 Å². The van der Waals surface area contributed by atoms with Crippen LogP contribution in [-0.2, 0) is 14.3 Å². The summed E-state index contributed by atoms with van der Waals surface area (Å²) < 4.78 is 50.8. The molecule has 33 heavy (non-hydrogen) atoms. The molecule has 2 aromatic rings. The monoisotopic (exact) mass is 476 g/mol. The van der Waals surface area contributed by atoms with Crippen molar-refractivity contribution in [1.82, 2.24) is 5.32 Å². The first kappa shape index (κ1) is 22.9. The molecule has 10 heteroatoms. The Morgan fingerprint density at radius 2 is 1.85 bits per heavy atom. The van der Waals surface area contributed by atoms with Gasteiger partial charge in [-0.2, -0.15) is 0 Å². The molecule has 0 spiro atoms. The number of allylic oxidation sites excluding steroid dienone is 1. The molecule has 0 saturated carbocycles. The zero-order chi connectivity index (χ0) is 23.5. The highest BCUT2D eigenvalue weighted by molar-refractivity contribution is 7.80. The van der Waals surface area contributed by atoms with Crippen LogP contribution in [0.25, 0.3) is 0 Å². The number of methoxy groups -OCH3 is 1. The van der Waals surface area contributed by atoms with Crippen LogP contribution in [0.5, 0.6) is 11.5 Å². The first-order valence-electron chi connectivity index (χ1n) is 10.2. The Morgan fingerprint density at radius 3 is 2.55 bits per heavy atom. The number of esters is 1. The van der Waals surface area contributed by atoms with E-state index in [2.05, 4.69) is 5.32 Å². The summed E-state index contributed by atoms with van der Waals surface area (Å²) in [6, 6.07) is 7.54. The average Bonchev–Trinajstić information content (AvgIpc) is 2.79. The van der Waals surface area contributed by atoms with Crippen molar-refractivity contribution < 1.29 is 32.5 Å². The maximum atomic E-state index is 14.7. The molecule has 2 heterocycles. The first-order chi connectivity index (χ1) is 15.9. The van der Waals surface area contributed by atoms with Crippen molar-refractivity contribution >= 4 is 29.0 Å². The van der Waals surface area contributed by atoms with Crippen LogP contribution >= 0.6 is 12.2 Å². The molecule has 0 bridgehead atoms. The van der Waals surface area contributed by atoms with Crippen molar-refractivity contribution in [2.24, 2.45) is 0 Å². The predicted molar refractivity (Wildman–Crippen MR) is 120 cm³/mol. The molecule has 4 rings (SSSR count). The number of halogens is 2. The third-order valence-electron chi connectivity index (χ3n) is 5.30. The second-order valence-corrected chi connectivity index (χ2v) is 7.70. The lowest BCUT2D eigenvalue weighted by Gasteiger charge is -2.38. The number of hydrogen-bond donors (Lipinski definition) is 1. The summed E-state index contributed by atoms with van der Waals surface area (Å²) in [6.45, 7) is 2.65. The van der Waals surface area contributed by atoms with Crippen LogP contribution in [0.15, 0.2) is 47.7 Å². The number of ether oxygens (including phenoxy) is 4. The summed E-state index contributed by atoms with van der Waals surface area (Å²) in [7, 11) is 1.47. The van der Waals surface area contributed by atoms with Crippen LogP contribution in [0, 0.1) is 11.6 Å². The Kier molecular flexibility index (Phi) is 6.75. The fourth-order valence-corrected chi connectivity index (χ4v) is 4.15. The molecule has 1 atom stereocenters. The Balaban J connectivity index is 1.80. The van der Waals surface area contributed by atoms with Crippen molar-refractivity contribution in [3.63, 3.8) is 0 Å². The highest BCUT2D eigenvalue weighted by Gasteiger charge is 2.38. The first-order valence-corrected chi connectivity index (χ1v) is 10.6. The Labute approximate surface area is 194 Å². The van der Waals surface area contributed by atoms with E-state index in [-0.39, 0.29) is 29.5 Å². The summed E-state index contributed by atoms with van der Waals surface area (Å²) in [5.74, 6) is -1.24. The lowest BCUT2D eigenvalue weighted by Crippen LogP contribution is -2.48. The Bertz CT molecular complexity index is 1100. The van der Waals surface area contributed by atoms with Crippen LogP contribution < -0.4 is 19.7 Å². The van der Waals surface area contributed by atoms with E-state index in [1.54, 1.807) is 30.0 Å². The second-order valence-electron chi connectivity index (χ2n) is 7.31. The minimum atomic E-state index is -1.18. The lowest BCUT2D eigenvalue weighted by atomic mass is 9.94. The molecule has 0 radical (unpaired) electrons. The van der Waals surface area contributed by atoms with Gasteiger partial charge in [0.2, 0.25) is 0 Å². The van der Waals surface area contributed by atoms with Crippen molar-refractivity contribution in [3.8, 4) is 11.5 Å². The Morgan fingerprint density at radius 1 is 1.15 bits per heavy atom. The van der Waals surface area contributed by atoms with E-state index in [4.69, 9.17) is 31.2 Å². The molecule has 2 aromatic carbocycles. The van der Waals surface area contributed by atoms with Gasteiger partial charge in [-0.3, -0.25) is 4.90 Å². The molecule has 0 aromatic heterocycles. The second kappa shape index (κ2) is 9.72. The van der Waals surface area contributed by atoms with Gasteiger partial charge < -0.3 is 24.3 Å². The van der Waals surface area contributed by atoms with E-state index in [1.165, 1.54) is 13.2 Å². The normalized spacial score (nSPS) is 17.6. The van der Waals surface area contributed by atoms with Gasteiger partial charge in [-0.25, -0.2) is 13.6 Å². The van der Waals surface area contributed by atoms with Gasteiger partial charge in [0, 0.05) is 18.9 Å². The van der Waals surface area contributed by atoms with Gasteiger partial charge in [-0.15, -0.1) is 0 Å². The summed E-state index contributed by atoms with van der Waals surface area (Å²) in [5.41, 5.74) is 0.660. The minimum absolute atomic E-state index is 0.0208. The van der Waals surface area contributed by atoms with Crippen LogP contribution in [-0.4, -0.2) is 44.6 Å². The summed E-state index contributed by atoms with van der Waals surface area (Å²) in [6.07, 6.45) is 0. The topological polar surface area (TPSA) is 69.3 Å². The summed E-state index contributed by atoms with van der Waals surface area (Å²) in [5, 5.41) is 3.07. The van der Waals surface area contributed by atoms with E-state index in [0.717, 1.165) is 12.1 Å². The number of anilines is 1.